The standard InChI is InChI=1S/C23H25FN2O4/c1-14-7-10-26(17-4-5-17)22(28)20(14)21(27)25-9-8-16(13-25)11-15-3-6-19(24)18(12-15)23(29)30-2/h3,6-7,10,12,16-17H,4-5,8-9,11,13H2,1-2H3. The molecular formula is C23H25FN2O4. The topological polar surface area (TPSA) is 68.6 Å². The number of aromatic nitrogens is 1. The summed E-state index contributed by atoms with van der Waals surface area (Å²) < 4.78 is 20.2. The lowest BCUT2D eigenvalue weighted by Gasteiger charge is -2.18. The Hall–Kier alpha value is -2.96. The van der Waals surface area contributed by atoms with Crippen LogP contribution in [0.2, 0.25) is 0 Å². The Balaban J connectivity index is 1.48. The summed E-state index contributed by atoms with van der Waals surface area (Å²) in [5.41, 5.74) is 1.50. The highest BCUT2D eigenvalue weighted by atomic mass is 19.1. The summed E-state index contributed by atoms with van der Waals surface area (Å²) in [5.74, 6) is -1.35. The summed E-state index contributed by atoms with van der Waals surface area (Å²) in [6.45, 7) is 2.90. The van der Waals surface area contributed by atoms with Crippen molar-refractivity contribution in [3.05, 3.63) is 68.9 Å². The van der Waals surface area contributed by atoms with Crippen molar-refractivity contribution in [2.45, 2.75) is 38.6 Å². The molecule has 6 nitrogen and oxygen atoms in total. The first-order valence-electron chi connectivity index (χ1n) is 10.3. The van der Waals surface area contributed by atoms with Gasteiger partial charge in [-0.25, -0.2) is 9.18 Å². The Morgan fingerprint density at radius 2 is 1.97 bits per heavy atom. The van der Waals surface area contributed by atoms with Gasteiger partial charge in [0, 0.05) is 25.3 Å². The normalized spacial score (nSPS) is 18.5. The van der Waals surface area contributed by atoms with E-state index in [1.165, 1.54) is 19.2 Å². The van der Waals surface area contributed by atoms with Gasteiger partial charge in [0.25, 0.3) is 11.5 Å². The molecule has 4 rings (SSSR count). The zero-order valence-electron chi connectivity index (χ0n) is 17.2. The van der Waals surface area contributed by atoms with Crippen LogP contribution in [0.3, 0.4) is 0 Å². The number of likely N-dealkylation sites (tertiary alicyclic amines) is 1. The molecule has 158 valence electrons. The number of hydrogen-bond donors (Lipinski definition) is 0. The fraction of sp³-hybridized carbons (Fsp3) is 0.435. The smallest absolute Gasteiger partial charge is 0.340 e. The van der Waals surface area contributed by atoms with E-state index < -0.39 is 11.8 Å². The van der Waals surface area contributed by atoms with Crippen molar-refractivity contribution in [3.63, 3.8) is 0 Å². The average Bonchev–Trinajstić information content (AvgIpc) is 3.46. The summed E-state index contributed by atoms with van der Waals surface area (Å²) in [7, 11) is 1.22. The zero-order valence-corrected chi connectivity index (χ0v) is 17.2. The van der Waals surface area contributed by atoms with E-state index in [2.05, 4.69) is 4.74 Å². The molecule has 2 aromatic rings. The Morgan fingerprint density at radius 3 is 2.67 bits per heavy atom. The first kappa shape index (κ1) is 20.3. The highest BCUT2D eigenvalue weighted by Crippen LogP contribution is 2.33. The molecule has 0 spiro atoms. The number of carbonyl (C=O) groups is 2. The monoisotopic (exact) mass is 412 g/mol. The number of benzene rings is 1. The fourth-order valence-electron chi connectivity index (χ4n) is 4.18. The second-order valence-electron chi connectivity index (χ2n) is 8.23. The van der Waals surface area contributed by atoms with E-state index in [0.717, 1.165) is 24.8 Å². The molecule has 1 aromatic carbocycles. The van der Waals surface area contributed by atoms with Crippen molar-refractivity contribution in [1.82, 2.24) is 9.47 Å². The van der Waals surface area contributed by atoms with Gasteiger partial charge in [0.05, 0.1) is 12.7 Å². The van der Waals surface area contributed by atoms with Crippen LogP contribution in [0.25, 0.3) is 0 Å². The molecule has 1 saturated carbocycles. The highest BCUT2D eigenvalue weighted by molar-refractivity contribution is 5.95. The summed E-state index contributed by atoms with van der Waals surface area (Å²) in [4.78, 5) is 39.4. The van der Waals surface area contributed by atoms with Crippen LogP contribution in [0.5, 0.6) is 0 Å². The van der Waals surface area contributed by atoms with Crippen molar-refractivity contribution >= 4 is 11.9 Å². The number of hydrogen-bond acceptors (Lipinski definition) is 4. The van der Waals surface area contributed by atoms with Gasteiger partial charge < -0.3 is 14.2 Å². The number of nitrogens with zero attached hydrogens (tertiary/aromatic N) is 2. The summed E-state index contributed by atoms with van der Waals surface area (Å²) in [5, 5.41) is 0. The number of pyridine rings is 1. The number of esters is 1. The highest BCUT2D eigenvalue weighted by Gasteiger charge is 2.32. The summed E-state index contributed by atoms with van der Waals surface area (Å²) in [6, 6.07) is 6.50. The third-order valence-corrected chi connectivity index (χ3v) is 6.02. The van der Waals surface area contributed by atoms with Gasteiger partial charge in [-0.1, -0.05) is 6.07 Å². The zero-order chi connectivity index (χ0) is 21.4. The molecule has 1 unspecified atom stereocenters. The van der Waals surface area contributed by atoms with Crippen LogP contribution in [0, 0.1) is 18.7 Å². The molecule has 2 aliphatic rings. The number of rotatable bonds is 5. The number of methoxy groups -OCH3 is 1. The molecule has 0 N–H and O–H groups in total. The minimum atomic E-state index is -0.705. The third-order valence-electron chi connectivity index (χ3n) is 6.02. The minimum absolute atomic E-state index is 0.0820. The number of amides is 1. The van der Waals surface area contributed by atoms with Crippen molar-refractivity contribution in [1.29, 1.82) is 0 Å². The molecule has 1 amide bonds. The van der Waals surface area contributed by atoms with Gasteiger partial charge in [0.1, 0.15) is 11.4 Å². The fourth-order valence-corrected chi connectivity index (χ4v) is 4.18. The SMILES string of the molecule is COC(=O)c1cc(CC2CCN(C(=O)c3c(C)ccn(C4CC4)c3=O)C2)ccc1F. The molecule has 30 heavy (non-hydrogen) atoms. The van der Waals surface area contributed by atoms with Gasteiger partial charge in [-0.3, -0.25) is 9.59 Å². The number of halogens is 1. The maximum absolute atomic E-state index is 13.9. The van der Waals surface area contributed by atoms with Crippen LogP contribution in [-0.2, 0) is 11.2 Å². The van der Waals surface area contributed by atoms with Crippen molar-refractivity contribution in [2.24, 2.45) is 5.92 Å². The number of ether oxygens (including phenoxy) is 1. The minimum Gasteiger partial charge on any atom is -0.465 e. The van der Waals surface area contributed by atoms with Crippen LogP contribution in [0.4, 0.5) is 4.39 Å². The molecule has 0 bridgehead atoms. The average molecular weight is 412 g/mol. The Morgan fingerprint density at radius 1 is 1.20 bits per heavy atom. The molecule has 1 aliphatic heterocycles. The summed E-state index contributed by atoms with van der Waals surface area (Å²) in [6.07, 6.45) is 5.15. The van der Waals surface area contributed by atoms with Gasteiger partial charge >= 0.3 is 5.97 Å². The lowest BCUT2D eigenvalue weighted by atomic mass is 9.97. The van der Waals surface area contributed by atoms with E-state index in [-0.39, 0.29) is 34.6 Å². The molecule has 2 fully saturated rings. The molecule has 1 saturated heterocycles. The maximum Gasteiger partial charge on any atom is 0.340 e. The van der Waals surface area contributed by atoms with Crippen LogP contribution in [-0.4, -0.2) is 41.5 Å². The van der Waals surface area contributed by atoms with E-state index in [4.69, 9.17) is 0 Å². The van der Waals surface area contributed by atoms with Crippen LogP contribution in [0.1, 0.15) is 57.1 Å². The number of aryl methyl sites for hydroxylation is 1. The van der Waals surface area contributed by atoms with Crippen molar-refractivity contribution in [3.8, 4) is 0 Å². The van der Waals surface area contributed by atoms with Crippen LogP contribution in [0.15, 0.2) is 35.3 Å². The molecular weight excluding hydrogens is 387 g/mol. The number of carbonyl (C=O) groups excluding carboxylic acids is 2. The second kappa shape index (κ2) is 8.05. The summed E-state index contributed by atoms with van der Waals surface area (Å²) >= 11 is 0. The van der Waals surface area contributed by atoms with Crippen molar-refractivity contribution in [2.75, 3.05) is 20.2 Å². The van der Waals surface area contributed by atoms with E-state index >= 15 is 0 Å². The van der Waals surface area contributed by atoms with Gasteiger partial charge in [0.15, 0.2) is 0 Å². The van der Waals surface area contributed by atoms with Gasteiger partial charge in [-0.05, 0) is 67.9 Å². The molecule has 1 aromatic heterocycles. The molecule has 7 heteroatoms. The van der Waals surface area contributed by atoms with E-state index in [1.807, 2.05) is 6.07 Å². The van der Waals surface area contributed by atoms with E-state index in [0.29, 0.717) is 25.1 Å². The predicted octanol–water partition coefficient (Wildman–Crippen LogP) is 3.12. The van der Waals surface area contributed by atoms with Crippen LogP contribution >= 0.6 is 0 Å². The largest absolute Gasteiger partial charge is 0.465 e. The second-order valence-corrected chi connectivity index (χ2v) is 8.23. The molecule has 2 heterocycles. The Bertz CT molecular complexity index is 1060. The molecule has 0 radical (unpaired) electrons. The first-order valence-corrected chi connectivity index (χ1v) is 10.3. The van der Waals surface area contributed by atoms with E-state index in [1.54, 1.807) is 28.7 Å². The van der Waals surface area contributed by atoms with Crippen LogP contribution < -0.4 is 5.56 Å². The van der Waals surface area contributed by atoms with Crippen molar-refractivity contribution < 1.29 is 18.7 Å². The molecule has 1 atom stereocenters. The quantitative estimate of drug-likeness (QED) is 0.708. The first-order chi connectivity index (χ1) is 14.4. The van der Waals surface area contributed by atoms with Gasteiger partial charge in [-0.2, -0.15) is 0 Å². The van der Waals surface area contributed by atoms with E-state index in [9.17, 15) is 18.8 Å². The lowest BCUT2D eigenvalue weighted by molar-refractivity contribution is 0.0595. The maximum atomic E-state index is 13.9. The van der Waals surface area contributed by atoms with Gasteiger partial charge in [-0.15, -0.1) is 0 Å². The third kappa shape index (κ3) is 3.88. The predicted molar refractivity (Wildman–Crippen MR) is 109 cm³/mol. The Labute approximate surface area is 174 Å². The Kier molecular flexibility index (Phi) is 5.45. The lowest BCUT2D eigenvalue weighted by Crippen LogP contribution is -2.36. The molecule has 1 aliphatic carbocycles. The van der Waals surface area contributed by atoms with Gasteiger partial charge in [0.2, 0.25) is 0 Å².